The van der Waals surface area contributed by atoms with Gasteiger partial charge in [0.2, 0.25) is 0 Å². The summed E-state index contributed by atoms with van der Waals surface area (Å²) in [5, 5.41) is 0.808. The van der Waals surface area contributed by atoms with Crippen molar-refractivity contribution in [3.05, 3.63) is 35.9 Å². The summed E-state index contributed by atoms with van der Waals surface area (Å²) in [6.45, 7) is 6.23. The van der Waals surface area contributed by atoms with Crippen LogP contribution in [0.15, 0.2) is 30.3 Å². The molecule has 0 unspecified atom stereocenters. The Hall–Kier alpha value is -0.340. The Morgan fingerprint density at radius 3 is 2.29 bits per heavy atom. The first-order chi connectivity index (χ1) is 6.58. The van der Waals surface area contributed by atoms with E-state index in [1.54, 1.807) is 0 Å². The highest BCUT2D eigenvalue weighted by Gasteiger charge is 2.26. The minimum atomic E-state index is -0.227. The third-order valence-electron chi connectivity index (χ3n) is 2.14. The van der Waals surface area contributed by atoms with Gasteiger partial charge in [0.05, 0.1) is 6.10 Å². The maximum atomic E-state index is 5.93. The zero-order valence-corrected chi connectivity index (χ0v) is 10.5. The average Bonchev–Trinajstić information content (AvgIpc) is 2.18. The molecule has 1 aromatic rings. The third kappa shape index (κ3) is 2.82. The standard InChI is InChI=1S/C12H17BrO/c1-10(2)14-12(3,9-13)11-7-5-4-6-8-11/h4-8,10H,9H2,1-3H3/t12-/m0/s1. The van der Waals surface area contributed by atoms with Crippen LogP contribution in [0.3, 0.4) is 0 Å². The lowest BCUT2D eigenvalue weighted by atomic mass is 9.98. The molecule has 0 saturated heterocycles. The van der Waals surface area contributed by atoms with Crippen molar-refractivity contribution in [3.63, 3.8) is 0 Å². The molecule has 0 heterocycles. The van der Waals surface area contributed by atoms with Crippen LogP contribution < -0.4 is 0 Å². The first-order valence-electron chi connectivity index (χ1n) is 4.88. The molecule has 0 aliphatic carbocycles. The summed E-state index contributed by atoms with van der Waals surface area (Å²) < 4.78 is 5.93. The molecule has 0 aliphatic rings. The Morgan fingerprint density at radius 2 is 1.86 bits per heavy atom. The van der Waals surface area contributed by atoms with E-state index in [-0.39, 0.29) is 11.7 Å². The monoisotopic (exact) mass is 256 g/mol. The Morgan fingerprint density at radius 1 is 1.29 bits per heavy atom. The molecule has 1 aromatic carbocycles. The largest absolute Gasteiger partial charge is 0.367 e. The van der Waals surface area contributed by atoms with Gasteiger partial charge in [0.15, 0.2) is 0 Å². The smallest absolute Gasteiger partial charge is 0.100 e. The number of hydrogen-bond acceptors (Lipinski definition) is 1. The normalized spacial score (nSPS) is 15.5. The second-order valence-electron chi connectivity index (χ2n) is 3.90. The van der Waals surface area contributed by atoms with Crippen LogP contribution in [0.4, 0.5) is 0 Å². The quantitative estimate of drug-likeness (QED) is 0.747. The van der Waals surface area contributed by atoms with Gasteiger partial charge in [-0.25, -0.2) is 0 Å². The van der Waals surface area contributed by atoms with Crippen LogP contribution >= 0.6 is 15.9 Å². The fraction of sp³-hybridized carbons (Fsp3) is 0.500. The summed E-state index contributed by atoms with van der Waals surface area (Å²) >= 11 is 3.51. The van der Waals surface area contributed by atoms with Crippen molar-refractivity contribution in [2.45, 2.75) is 32.5 Å². The Labute approximate surface area is 94.6 Å². The predicted octanol–water partition coefficient (Wildman–Crippen LogP) is 3.72. The van der Waals surface area contributed by atoms with Gasteiger partial charge in [-0.2, -0.15) is 0 Å². The molecule has 78 valence electrons. The molecule has 0 saturated carbocycles. The van der Waals surface area contributed by atoms with Gasteiger partial charge < -0.3 is 4.74 Å². The first kappa shape index (κ1) is 11.7. The van der Waals surface area contributed by atoms with Crippen LogP contribution in [0.1, 0.15) is 26.3 Å². The van der Waals surface area contributed by atoms with Gasteiger partial charge in [-0.1, -0.05) is 46.3 Å². The Balaban J connectivity index is 2.90. The molecule has 1 rings (SSSR count). The number of ether oxygens (including phenoxy) is 1. The van der Waals surface area contributed by atoms with Crippen LogP contribution in [-0.2, 0) is 10.3 Å². The van der Waals surface area contributed by atoms with Gasteiger partial charge in [0.25, 0.3) is 0 Å². The van der Waals surface area contributed by atoms with E-state index in [0.717, 1.165) is 5.33 Å². The number of alkyl halides is 1. The van der Waals surface area contributed by atoms with Gasteiger partial charge in [-0.15, -0.1) is 0 Å². The zero-order valence-electron chi connectivity index (χ0n) is 8.96. The lowest BCUT2D eigenvalue weighted by molar-refractivity contribution is -0.0556. The maximum Gasteiger partial charge on any atom is 0.100 e. The van der Waals surface area contributed by atoms with Gasteiger partial charge in [0, 0.05) is 5.33 Å². The van der Waals surface area contributed by atoms with Crippen molar-refractivity contribution in [3.8, 4) is 0 Å². The first-order valence-corrected chi connectivity index (χ1v) is 6.00. The van der Waals surface area contributed by atoms with E-state index in [0.29, 0.717) is 0 Å². The van der Waals surface area contributed by atoms with Crippen molar-refractivity contribution in [1.82, 2.24) is 0 Å². The molecule has 0 aromatic heterocycles. The average molecular weight is 257 g/mol. The molecule has 0 amide bonds. The zero-order chi connectivity index (χ0) is 10.6. The number of hydrogen-bond donors (Lipinski definition) is 0. The van der Waals surface area contributed by atoms with Crippen molar-refractivity contribution in [2.75, 3.05) is 5.33 Å². The second kappa shape index (κ2) is 4.94. The number of halogens is 1. The fourth-order valence-electron chi connectivity index (χ4n) is 1.49. The van der Waals surface area contributed by atoms with Crippen LogP contribution in [0.2, 0.25) is 0 Å². The molecule has 0 bridgehead atoms. The van der Waals surface area contributed by atoms with E-state index in [1.807, 2.05) is 18.2 Å². The second-order valence-corrected chi connectivity index (χ2v) is 4.46. The van der Waals surface area contributed by atoms with Crippen molar-refractivity contribution < 1.29 is 4.74 Å². The molecule has 0 aliphatic heterocycles. The van der Waals surface area contributed by atoms with Gasteiger partial charge in [-0.3, -0.25) is 0 Å². The molecular weight excluding hydrogens is 240 g/mol. The molecular formula is C12H17BrO. The van der Waals surface area contributed by atoms with E-state index < -0.39 is 0 Å². The molecule has 14 heavy (non-hydrogen) atoms. The van der Waals surface area contributed by atoms with Gasteiger partial charge in [-0.05, 0) is 26.3 Å². The third-order valence-corrected chi connectivity index (χ3v) is 3.21. The van der Waals surface area contributed by atoms with Gasteiger partial charge in [0.1, 0.15) is 5.60 Å². The van der Waals surface area contributed by atoms with Gasteiger partial charge >= 0.3 is 0 Å². The van der Waals surface area contributed by atoms with E-state index in [9.17, 15) is 0 Å². The lowest BCUT2D eigenvalue weighted by Crippen LogP contribution is -2.30. The molecule has 2 heteroatoms. The molecule has 0 fully saturated rings. The summed E-state index contributed by atoms with van der Waals surface area (Å²) in [5.74, 6) is 0. The molecule has 1 nitrogen and oxygen atoms in total. The summed E-state index contributed by atoms with van der Waals surface area (Å²) in [7, 11) is 0. The number of benzene rings is 1. The van der Waals surface area contributed by atoms with E-state index >= 15 is 0 Å². The minimum absolute atomic E-state index is 0.227. The summed E-state index contributed by atoms with van der Waals surface area (Å²) in [5.41, 5.74) is 0.987. The van der Waals surface area contributed by atoms with E-state index in [2.05, 4.69) is 48.8 Å². The van der Waals surface area contributed by atoms with Crippen molar-refractivity contribution in [1.29, 1.82) is 0 Å². The van der Waals surface area contributed by atoms with Crippen LogP contribution in [-0.4, -0.2) is 11.4 Å². The predicted molar refractivity (Wildman–Crippen MR) is 63.8 cm³/mol. The van der Waals surface area contributed by atoms with Crippen molar-refractivity contribution >= 4 is 15.9 Å². The Bertz CT molecular complexity index is 271. The minimum Gasteiger partial charge on any atom is -0.367 e. The highest BCUT2D eigenvalue weighted by molar-refractivity contribution is 9.09. The lowest BCUT2D eigenvalue weighted by Gasteiger charge is -2.30. The highest BCUT2D eigenvalue weighted by atomic mass is 79.9. The molecule has 0 N–H and O–H groups in total. The van der Waals surface area contributed by atoms with E-state index in [1.165, 1.54) is 5.56 Å². The molecule has 0 spiro atoms. The topological polar surface area (TPSA) is 9.23 Å². The van der Waals surface area contributed by atoms with Crippen LogP contribution in [0.5, 0.6) is 0 Å². The summed E-state index contributed by atoms with van der Waals surface area (Å²) in [6.07, 6.45) is 0.234. The summed E-state index contributed by atoms with van der Waals surface area (Å²) in [6, 6.07) is 10.3. The van der Waals surface area contributed by atoms with E-state index in [4.69, 9.17) is 4.74 Å². The SMILES string of the molecule is CC(C)O[C@@](C)(CBr)c1ccccc1. The van der Waals surface area contributed by atoms with Crippen molar-refractivity contribution in [2.24, 2.45) is 0 Å². The molecule has 1 atom stereocenters. The highest BCUT2D eigenvalue weighted by Crippen LogP contribution is 2.28. The maximum absolute atomic E-state index is 5.93. The molecule has 0 radical (unpaired) electrons. The Kier molecular flexibility index (Phi) is 4.14. The van der Waals surface area contributed by atoms with Crippen LogP contribution in [0.25, 0.3) is 0 Å². The summed E-state index contributed by atoms with van der Waals surface area (Å²) in [4.78, 5) is 0. The number of rotatable bonds is 4. The fourth-order valence-corrected chi connectivity index (χ4v) is 1.94. The van der Waals surface area contributed by atoms with Crippen LogP contribution in [0, 0.1) is 0 Å².